The van der Waals surface area contributed by atoms with Crippen molar-refractivity contribution in [2.45, 2.75) is 31.7 Å². The maximum atomic E-state index is 12.0. The van der Waals surface area contributed by atoms with Gasteiger partial charge in [-0.2, -0.15) is 0 Å². The summed E-state index contributed by atoms with van der Waals surface area (Å²) in [7, 11) is 0. The van der Waals surface area contributed by atoms with Crippen LogP contribution in [0.15, 0.2) is 24.5 Å². The molecular weight excluding hydrogens is 285 g/mol. The van der Waals surface area contributed by atoms with E-state index in [9.17, 15) is 4.79 Å². The van der Waals surface area contributed by atoms with Gasteiger partial charge in [-0.1, -0.05) is 6.07 Å². The van der Waals surface area contributed by atoms with Gasteiger partial charge in [0, 0.05) is 25.0 Å². The van der Waals surface area contributed by atoms with Gasteiger partial charge < -0.3 is 10.6 Å². The fourth-order valence-corrected chi connectivity index (χ4v) is 2.08. The van der Waals surface area contributed by atoms with Gasteiger partial charge in [-0.25, -0.2) is 0 Å². The largest absolute Gasteiger partial charge is 0.352 e. The standard InChI is InChI=1S/C13H19N3O.2ClH/c1-10(11-4-2-6-14-8-11)13(17)16-12-5-3-7-15-9-12;;/h2,4,6,8,10,12,15H,3,5,7,9H2,1H3,(H,16,17);2*1H. The Hall–Kier alpha value is -0.840. The van der Waals surface area contributed by atoms with Crippen molar-refractivity contribution < 1.29 is 4.79 Å². The van der Waals surface area contributed by atoms with E-state index in [1.807, 2.05) is 19.1 Å². The van der Waals surface area contributed by atoms with Crippen LogP contribution < -0.4 is 10.6 Å². The smallest absolute Gasteiger partial charge is 0.227 e. The molecule has 0 aromatic carbocycles. The number of nitrogens with one attached hydrogen (secondary N) is 2. The van der Waals surface area contributed by atoms with E-state index < -0.39 is 0 Å². The van der Waals surface area contributed by atoms with Crippen molar-refractivity contribution in [2.24, 2.45) is 0 Å². The van der Waals surface area contributed by atoms with Gasteiger partial charge in [-0.3, -0.25) is 9.78 Å². The SMILES string of the molecule is CC(C(=O)NC1CCCNC1)c1cccnc1.Cl.Cl. The quantitative estimate of drug-likeness (QED) is 0.897. The molecule has 1 aromatic rings. The van der Waals surface area contributed by atoms with Crippen molar-refractivity contribution in [3.05, 3.63) is 30.1 Å². The summed E-state index contributed by atoms with van der Waals surface area (Å²) in [5.74, 6) is -0.0441. The second-order valence-electron chi connectivity index (χ2n) is 4.56. The van der Waals surface area contributed by atoms with Gasteiger partial charge in [0.25, 0.3) is 0 Å². The van der Waals surface area contributed by atoms with Gasteiger partial charge in [0.1, 0.15) is 0 Å². The lowest BCUT2D eigenvalue weighted by Crippen LogP contribution is -2.46. The molecule has 2 atom stereocenters. The highest BCUT2D eigenvalue weighted by Gasteiger charge is 2.20. The number of halogens is 2. The van der Waals surface area contributed by atoms with E-state index >= 15 is 0 Å². The third-order valence-electron chi connectivity index (χ3n) is 3.22. The number of nitrogens with zero attached hydrogens (tertiary/aromatic N) is 1. The van der Waals surface area contributed by atoms with E-state index in [2.05, 4.69) is 15.6 Å². The molecule has 0 bridgehead atoms. The summed E-state index contributed by atoms with van der Waals surface area (Å²) >= 11 is 0. The number of aromatic nitrogens is 1. The Kier molecular flexibility index (Phi) is 8.72. The summed E-state index contributed by atoms with van der Waals surface area (Å²) < 4.78 is 0. The predicted octanol–water partition coefficient (Wildman–Crippen LogP) is 1.90. The molecule has 1 aliphatic rings. The highest BCUT2D eigenvalue weighted by atomic mass is 35.5. The molecule has 4 nitrogen and oxygen atoms in total. The van der Waals surface area contributed by atoms with Crippen LogP contribution in [0.4, 0.5) is 0 Å². The van der Waals surface area contributed by atoms with Crippen LogP contribution in [0.3, 0.4) is 0 Å². The molecule has 2 rings (SSSR count). The first-order valence-electron chi connectivity index (χ1n) is 6.18. The Labute approximate surface area is 126 Å². The molecule has 1 amide bonds. The number of pyridine rings is 1. The van der Waals surface area contributed by atoms with Crippen LogP contribution in [0.5, 0.6) is 0 Å². The van der Waals surface area contributed by atoms with Gasteiger partial charge in [0.15, 0.2) is 0 Å². The molecule has 1 saturated heterocycles. The zero-order chi connectivity index (χ0) is 12.1. The van der Waals surface area contributed by atoms with Gasteiger partial charge in [-0.05, 0) is 37.9 Å². The molecule has 0 saturated carbocycles. The minimum absolute atomic E-state index is 0. The number of hydrogen-bond donors (Lipinski definition) is 2. The minimum Gasteiger partial charge on any atom is -0.352 e. The van der Waals surface area contributed by atoms with Gasteiger partial charge >= 0.3 is 0 Å². The summed E-state index contributed by atoms with van der Waals surface area (Å²) in [5.41, 5.74) is 0.966. The predicted molar refractivity (Wildman–Crippen MR) is 81.2 cm³/mol. The zero-order valence-electron chi connectivity index (χ0n) is 11.0. The topological polar surface area (TPSA) is 54.0 Å². The van der Waals surface area contributed by atoms with Crippen molar-refractivity contribution in [1.29, 1.82) is 0 Å². The second kappa shape index (κ2) is 9.13. The van der Waals surface area contributed by atoms with Crippen LogP contribution in [-0.4, -0.2) is 30.0 Å². The third kappa shape index (κ3) is 5.35. The molecular formula is C13H21Cl2N3O. The van der Waals surface area contributed by atoms with Crippen molar-refractivity contribution >= 4 is 30.7 Å². The molecule has 108 valence electrons. The third-order valence-corrected chi connectivity index (χ3v) is 3.22. The molecule has 0 spiro atoms. The average molecular weight is 306 g/mol. The van der Waals surface area contributed by atoms with E-state index in [0.717, 1.165) is 31.5 Å². The molecule has 19 heavy (non-hydrogen) atoms. The molecule has 6 heteroatoms. The number of carbonyl (C=O) groups excluding carboxylic acids is 1. The Morgan fingerprint density at radius 2 is 2.32 bits per heavy atom. The summed E-state index contributed by atoms with van der Waals surface area (Å²) in [4.78, 5) is 16.1. The van der Waals surface area contributed by atoms with Crippen molar-refractivity contribution in [2.75, 3.05) is 13.1 Å². The van der Waals surface area contributed by atoms with Crippen LogP contribution >= 0.6 is 24.8 Å². The normalized spacial score (nSPS) is 19.5. The molecule has 2 heterocycles. The lowest BCUT2D eigenvalue weighted by molar-refractivity contribution is -0.123. The fourth-order valence-electron chi connectivity index (χ4n) is 2.08. The molecule has 2 unspecified atom stereocenters. The average Bonchev–Trinajstić information content (AvgIpc) is 2.40. The highest BCUT2D eigenvalue weighted by molar-refractivity contribution is 5.85. The summed E-state index contributed by atoms with van der Waals surface area (Å²) in [6.07, 6.45) is 5.67. The lowest BCUT2D eigenvalue weighted by atomic mass is 10.0. The minimum atomic E-state index is -0.134. The number of amides is 1. The van der Waals surface area contributed by atoms with Gasteiger partial charge in [0.2, 0.25) is 5.91 Å². The zero-order valence-corrected chi connectivity index (χ0v) is 12.6. The van der Waals surface area contributed by atoms with E-state index in [-0.39, 0.29) is 42.7 Å². The summed E-state index contributed by atoms with van der Waals surface area (Å²) in [6, 6.07) is 4.08. The van der Waals surface area contributed by atoms with Crippen LogP contribution in [0.1, 0.15) is 31.2 Å². The molecule has 0 aliphatic carbocycles. The highest BCUT2D eigenvalue weighted by Crippen LogP contribution is 2.14. The number of carbonyl (C=O) groups is 1. The Balaban J connectivity index is 0.00000162. The van der Waals surface area contributed by atoms with E-state index in [1.54, 1.807) is 12.4 Å². The Morgan fingerprint density at radius 3 is 2.89 bits per heavy atom. The van der Waals surface area contributed by atoms with Crippen LogP contribution in [0, 0.1) is 0 Å². The summed E-state index contributed by atoms with van der Waals surface area (Å²) in [5, 5.41) is 6.38. The van der Waals surface area contributed by atoms with Crippen LogP contribution in [-0.2, 0) is 4.79 Å². The molecule has 1 aromatic heterocycles. The van der Waals surface area contributed by atoms with Crippen LogP contribution in [0.2, 0.25) is 0 Å². The number of piperidine rings is 1. The molecule has 2 N–H and O–H groups in total. The monoisotopic (exact) mass is 305 g/mol. The Bertz CT molecular complexity index is 369. The van der Waals surface area contributed by atoms with Crippen molar-refractivity contribution in [3.8, 4) is 0 Å². The van der Waals surface area contributed by atoms with Crippen molar-refractivity contribution in [1.82, 2.24) is 15.6 Å². The fraction of sp³-hybridized carbons (Fsp3) is 0.538. The van der Waals surface area contributed by atoms with Gasteiger partial charge in [0.05, 0.1) is 5.92 Å². The Morgan fingerprint density at radius 1 is 1.53 bits per heavy atom. The number of hydrogen-bond acceptors (Lipinski definition) is 3. The summed E-state index contributed by atoms with van der Waals surface area (Å²) in [6.45, 7) is 3.86. The molecule has 1 fully saturated rings. The number of rotatable bonds is 3. The van der Waals surface area contributed by atoms with Gasteiger partial charge in [-0.15, -0.1) is 24.8 Å². The van der Waals surface area contributed by atoms with Crippen molar-refractivity contribution in [3.63, 3.8) is 0 Å². The molecule has 0 radical (unpaired) electrons. The maximum Gasteiger partial charge on any atom is 0.227 e. The van der Waals surface area contributed by atoms with E-state index in [4.69, 9.17) is 0 Å². The van der Waals surface area contributed by atoms with E-state index in [1.165, 1.54) is 0 Å². The first kappa shape index (κ1) is 18.2. The molecule has 1 aliphatic heterocycles. The lowest BCUT2D eigenvalue weighted by Gasteiger charge is -2.25. The first-order chi connectivity index (χ1) is 8.27. The van der Waals surface area contributed by atoms with E-state index in [0.29, 0.717) is 0 Å². The van der Waals surface area contributed by atoms with Crippen LogP contribution in [0.25, 0.3) is 0 Å². The second-order valence-corrected chi connectivity index (χ2v) is 4.56. The maximum absolute atomic E-state index is 12.0. The first-order valence-corrected chi connectivity index (χ1v) is 6.18.